The quantitative estimate of drug-likeness (QED) is 0.541. The molecule has 2 aromatic rings. The van der Waals surface area contributed by atoms with Crippen LogP contribution in [-0.4, -0.2) is 43.1 Å². The van der Waals surface area contributed by atoms with Crippen LogP contribution in [0.3, 0.4) is 0 Å². The largest absolute Gasteiger partial charge is 0.497 e. The fourth-order valence-corrected chi connectivity index (χ4v) is 3.93. The highest BCUT2D eigenvalue weighted by Gasteiger charge is 2.32. The van der Waals surface area contributed by atoms with Gasteiger partial charge in [0.25, 0.3) is 5.91 Å². The molecule has 8 heteroatoms. The highest BCUT2D eigenvalue weighted by molar-refractivity contribution is 8.26. The van der Waals surface area contributed by atoms with Crippen LogP contribution in [-0.2, 0) is 4.79 Å². The summed E-state index contributed by atoms with van der Waals surface area (Å²) >= 11 is 6.65. The minimum atomic E-state index is -0.165. The number of ether oxygens (including phenoxy) is 3. The molecule has 0 unspecified atom stereocenters. The Morgan fingerprint density at radius 1 is 1.07 bits per heavy atom. The molecule has 1 saturated heterocycles. The van der Waals surface area contributed by atoms with Crippen molar-refractivity contribution >= 4 is 46.0 Å². The first-order chi connectivity index (χ1) is 13.6. The Labute approximate surface area is 173 Å². The molecule has 0 saturated carbocycles. The molecule has 1 aliphatic heterocycles. The molecule has 146 valence electrons. The van der Waals surface area contributed by atoms with Gasteiger partial charge < -0.3 is 19.5 Å². The predicted octanol–water partition coefficient (Wildman–Crippen LogP) is 3.98. The highest BCUT2D eigenvalue weighted by Crippen LogP contribution is 2.35. The number of benzene rings is 2. The summed E-state index contributed by atoms with van der Waals surface area (Å²) in [7, 11) is 4.78. The number of thiocarbonyl (C=S) groups is 1. The van der Waals surface area contributed by atoms with Gasteiger partial charge in [0.1, 0.15) is 21.6 Å². The van der Waals surface area contributed by atoms with Crippen molar-refractivity contribution in [1.29, 1.82) is 0 Å². The van der Waals surface area contributed by atoms with Gasteiger partial charge in [0.15, 0.2) is 0 Å². The SMILES string of the molecule is COc1ccc(OC)c(/C=C2/SC(=S)N(CNc3ccccc3OC)C2=O)c1. The van der Waals surface area contributed by atoms with Gasteiger partial charge in [0.05, 0.1) is 38.6 Å². The maximum atomic E-state index is 12.9. The third kappa shape index (κ3) is 4.23. The lowest BCUT2D eigenvalue weighted by atomic mass is 10.1. The Bertz CT molecular complexity index is 930. The predicted molar refractivity (Wildman–Crippen MR) is 116 cm³/mol. The fourth-order valence-electron chi connectivity index (χ4n) is 2.68. The number of methoxy groups -OCH3 is 3. The molecule has 0 bridgehead atoms. The summed E-state index contributed by atoms with van der Waals surface area (Å²) in [5, 5.41) is 3.20. The summed E-state index contributed by atoms with van der Waals surface area (Å²) in [4.78, 5) is 14.9. The number of hydrogen-bond acceptors (Lipinski definition) is 7. The Morgan fingerprint density at radius 2 is 1.82 bits per heavy atom. The normalized spacial score (nSPS) is 15.1. The molecular formula is C20H20N2O4S2. The third-order valence-corrected chi connectivity index (χ3v) is 5.51. The molecule has 1 amide bonds. The first kappa shape index (κ1) is 20.0. The van der Waals surface area contributed by atoms with E-state index >= 15 is 0 Å². The van der Waals surface area contributed by atoms with Gasteiger partial charge in [-0.3, -0.25) is 9.69 Å². The maximum Gasteiger partial charge on any atom is 0.267 e. The molecule has 28 heavy (non-hydrogen) atoms. The summed E-state index contributed by atoms with van der Waals surface area (Å²) in [5.74, 6) is 1.87. The molecule has 1 N–H and O–H groups in total. The highest BCUT2D eigenvalue weighted by atomic mass is 32.2. The molecule has 1 aliphatic rings. The van der Waals surface area contributed by atoms with E-state index in [4.69, 9.17) is 26.4 Å². The monoisotopic (exact) mass is 416 g/mol. The number of nitrogens with one attached hydrogen (secondary N) is 1. The van der Waals surface area contributed by atoms with Gasteiger partial charge in [0.2, 0.25) is 0 Å². The van der Waals surface area contributed by atoms with E-state index < -0.39 is 0 Å². The van der Waals surface area contributed by atoms with Crippen LogP contribution < -0.4 is 19.5 Å². The van der Waals surface area contributed by atoms with Gasteiger partial charge in [-0.15, -0.1) is 0 Å². The van der Waals surface area contributed by atoms with E-state index in [-0.39, 0.29) is 12.6 Å². The van der Waals surface area contributed by atoms with Crippen molar-refractivity contribution in [3.8, 4) is 17.2 Å². The van der Waals surface area contributed by atoms with Gasteiger partial charge in [0, 0.05) is 5.56 Å². The van der Waals surface area contributed by atoms with Crippen molar-refractivity contribution in [1.82, 2.24) is 4.90 Å². The number of hydrogen-bond donors (Lipinski definition) is 1. The van der Waals surface area contributed by atoms with Crippen LogP contribution in [0, 0.1) is 0 Å². The Morgan fingerprint density at radius 3 is 2.54 bits per heavy atom. The van der Waals surface area contributed by atoms with Gasteiger partial charge >= 0.3 is 0 Å². The van der Waals surface area contributed by atoms with Gasteiger partial charge in [-0.1, -0.05) is 36.1 Å². The maximum absolute atomic E-state index is 12.9. The van der Waals surface area contributed by atoms with Crippen molar-refractivity contribution in [2.24, 2.45) is 0 Å². The molecule has 6 nitrogen and oxygen atoms in total. The standard InChI is InChI=1S/C20H20N2O4S2/c1-24-14-8-9-16(25-2)13(10-14)11-18-19(23)22(20(27)28-18)12-21-15-6-4-5-7-17(15)26-3/h4-11,21H,12H2,1-3H3/b18-11+. The molecule has 3 rings (SSSR count). The smallest absolute Gasteiger partial charge is 0.267 e. The van der Waals surface area contributed by atoms with Gasteiger partial charge in [-0.2, -0.15) is 0 Å². The van der Waals surface area contributed by atoms with Crippen molar-refractivity contribution in [3.05, 3.63) is 52.9 Å². The number of carbonyl (C=O) groups is 1. The minimum Gasteiger partial charge on any atom is -0.497 e. The van der Waals surface area contributed by atoms with Crippen molar-refractivity contribution < 1.29 is 19.0 Å². The van der Waals surface area contributed by atoms with Crippen LogP contribution in [0.15, 0.2) is 47.4 Å². The van der Waals surface area contributed by atoms with Crippen molar-refractivity contribution in [3.63, 3.8) is 0 Å². The summed E-state index contributed by atoms with van der Waals surface area (Å²) in [6.45, 7) is 0.248. The van der Waals surface area contributed by atoms with E-state index in [0.29, 0.717) is 26.5 Å². The number of anilines is 1. The second-order valence-corrected chi connectivity index (χ2v) is 7.43. The van der Waals surface area contributed by atoms with Gasteiger partial charge in [-0.05, 0) is 36.4 Å². The van der Waals surface area contributed by atoms with E-state index in [2.05, 4.69) is 5.32 Å². The Hall–Kier alpha value is -2.71. The third-order valence-electron chi connectivity index (χ3n) is 4.13. The fraction of sp³-hybridized carbons (Fsp3) is 0.200. The van der Waals surface area contributed by atoms with Crippen LogP contribution in [0.25, 0.3) is 6.08 Å². The summed E-state index contributed by atoms with van der Waals surface area (Å²) in [6, 6.07) is 12.9. The van der Waals surface area contributed by atoms with Crippen LogP contribution >= 0.6 is 24.0 Å². The molecule has 0 atom stereocenters. The van der Waals surface area contributed by atoms with E-state index in [1.165, 1.54) is 16.7 Å². The van der Waals surface area contributed by atoms with Crippen LogP contribution in [0.2, 0.25) is 0 Å². The molecule has 0 aromatic heterocycles. The Balaban J connectivity index is 1.79. The number of para-hydroxylation sites is 2. The number of carbonyl (C=O) groups excluding carboxylic acids is 1. The summed E-state index contributed by atoms with van der Waals surface area (Å²) in [5.41, 5.74) is 1.54. The lowest BCUT2D eigenvalue weighted by Crippen LogP contribution is -2.33. The van der Waals surface area contributed by atoms with Crippen LogP contribution in [0.5, 0.6) is 17.2 Å². The lowest BCUT2D eigenvalue weighted by molar-refractivity contribution is -0.121. The number of amides is 1. The lowest BCUT2D eigenvalue weighted by Gasteiger charge is -2.17. The summed E-state index contributed by atoms with van der Waals surface area (Å²) in [6.07, 6.45) is 1.77. The van der Waals surface area contributed by atoms with Crippen molar-refractivity contribution in [2.75, 3.05) is 33.3 Å². The average Bonchev–Trinajstić information content (AvgIpc) is 2.99. The second-order valence-electron chi connectivity index (χ2n) is 5.75. The first-order valence-corrected chi connectivity index (χ1v) is 9.64. The van der Waals surface area contributed by atoms with Crippen LogP contribution in [0.4, 0.5) is 5.69 Å². The molecule has 0 spiro atoms. The van der Waals surface area contributed by atoms with Gasteiger partial charge in [-0.25, -0.2) is 0 Å². The molecular weight excluding hydrogens is 396 g/mol. The van der Waals surface area contributed by atoms with E-state index in [9.17, 15) is 4.79 Å². The van der Waals surface area contributed by atoms with E-state index in [0.717, 1.165) is 11.3 Å². The number of thioether (sulfide) groups is 1. The number of rotatable bonds is 7. The summed E-state index contributed by atoms with van der Waals surface area (Å²) < 4.78 is 16.5. The molecule has 0 aliphatic carbocycles. The Kier molecular flexibility index (Phi) is 6.43. The molecule has 0 radical (unpaired) electrons. The first-order valence-electron chi connectivity index (χ1n) is 8.41. The molecule has 2 aromatic carbocycles. The molecule has 1 heterocycles. The number of nitrogens with zero attached hydrogens (tertiary/aromatic N) is 1. The zero-order chi connectivity index (χ0) is 20.1. The average molecular weight is 417 g/mol. The van der Waals surface area contributed by atoms with Crippen LogP contribution in [0.1, 0.15) is 5.56 Å². The van der Waals surface area contributed by atoms with E-state index in [1.54, 1.807) is 39.5 Å². The minimum absolute atomic E-state index is 0.165. The van der Waals surface area contributed by atoms with E-state index in [1.807, 2.05) is 30.3 Å². The second kappa shape index (κ2) is 8.99. The van der Waals surface area contributed by atoms with Crippen molar-refractivity contribution in [2.45, 2.75) is 0 Å². The zero-order valence-electron chi connectivity index (χ0n) is 15.7. The molecule has 1 fully saturated rings. The zero-order valence-corrected chi connectivity index (χ0v) is 17.4. The topological polar surface area (TPSA) is 60.0 Å².